The number of unbranched alkanes of at least 4 members (excludes halogenated alkanes) is 7. The third-order valence-corrected chi connectivity index (χ3v) is 3.60. The van der Waals surface area contributed by atoms with Gasteiger partial charge in [-0.15, -0.1) is 0 Å². The van der Waals surface area contributed by atoms with Gasteiger partial charge in [-0.1, -0.05) is 58.3 Å². The van der Waals surface area contributed by atoms with E-state index in [2.05, 4.69) is 6.92 Å². The molecule has 18 heavy (non-hydrogen) atoms. The van der Waals surface area contributed by atoms with E-state index in [9.17, 15) is 13.5 Å². The van der Waals surface area contributed by atoms with Crippen molar-refractivity contribution < 1.29 is 49.1 Å². The van der Waals surface area contributed by atoms with Gasteiger partial charge in [0.1, 0.15) is 5.75 Å². The summed E-state index contributed by atoms with van der Waals surface area (Å²) in [6.07, 6.45) is 8.84. The van der Waals surface area contributed by atoms with Crippen LogP contribution in [-0.2, 0) is 10.1 Å². The Morgan fingerprint density at radius 1 is 1.00 bits per heavy atom. The first-order chi connectivity index (χ1) is 7.95. The van der Waals surface area contributed by atoms with Crippen molar-refractivity contribution in [1.29, 1.82) is 0 Å². The minimum absolute atomic E-state index is 0. The summed E-state index contributed by atoms with van der Waals surface area (Å²) in [5.41, 5.74) is 0. The zero-order chi connectivity index (χ0) is 13.1. The van der Waals surface area contributed by atoms with E-state index in [-0.39, 0.29) is 31.0 Å². The van der Waals surface area contributed by atoms with E-state index in [4.69, 9.17) is 4.55 Å². The monoisotopic (exact) mass is 290 g/mol. The number of hydrogen-bond acceptors (Lipinski definition) is 3. The molecule has 0 bridgehead atoms. The summed E-state index contributed by atoms with van der Waals surface area (Å²) in [6.45, 7) is 2.19. The third kappa shape index (κ3) is 16.9. The molecule has 2 N–H and O–H groups in total. The van der Waals surface area contributed by atoms with Crippen LogP contribution in [0, 0.1) is 0 Å². The summed E-state index contributed by atoms with van der Waals surface area (Å²) in [5, 5.41) is 9.32. The maximum atomic E-state index is 10.5. The Morgan fingerprint density at radius 3 is 1.89 bits per heavy atom. The van der Waals surface area contributed by atoms with Gasteiger partial charge in [0.05, 0.1) is 6.10 Å². The van der Waals surface area contributed by atoms with E-state index < -0.39 is 22.0 Å². The van der Waals surface area contributed by atoms with Crippen LogP contribution in [0.25, 0.3) is 0 Å². The first-order valence-corrected chi connectivity index (χ1v) is 8.20. The summed E-state index contributed by atoms with van der Waals surface area (Å²) in [6, 6.07) is 0. The van der Waals surface area contributed by atoms with Crippen molar-refractivity contribution >= 4 is 10.1 Å². The molecule has 0 radical (unpaired) electrons. The summed E-state index contributed by atoms with van der Waals surface area (Å²) >= 11 is 0. The second kappa shape index (κ2) is 12.9. The van der Waals surface area contributed by atoms with Crippen LogP contribution < -0.4 is 29.6 Å². The molecule has 1 atom stereocenters. The molecule has 0 spiro atoms. The molecule has 0 aromatic rings. The van der Waals surface area contributed by atoms with Crippen molar-refractivity contribution in [3.8, 4) is 0 Å². The van der Waals surface area contributed by atoms with Crippen molar-refractivity contribution in [3.05, 3.63) is 0 Å². The van der Waals surface area contributed by atoms with Crippen LogP contribution in [0.15, 0.2) is 0 Å². The van der Waals surface area contributed by atoms with Crippen LogP contribution >= 0.6 is 0 Å². The Hall–Kier alpha value is 0.870. The largest absolute Gasteiger partial charge is 1.00 e. The smallest absolute Gasteiger partial charge is 1.00 e. The Bertz CT molecular complexity index is 273. The first-order valence-electron chi connectivity index (χ1n) is 6.59. The van der Waals surface area contributed by atoms with E-state index in [1.807, 2.05) is 0 Å². The van der Waals surface area contributed by atoms with Gasteiger partial charge < -0.3 is 6.53 Å². The minimum Gasteiger partial charge on any atom is -1.00 e. The SMILES string of the molecule is CCCCCCCCCCC(O)CS(=O)(=O)O.[H-].[Na+]. The second-order valence-corrected chi connectivity index (χ2v) is 6.16. The van der Waals surface area contributed by atoms with Gasteiger partial charge in [-0.2, -0.15) is 8.42 Å². The molecule has 0 fully saturated rings. The van der Waals surface area contributed by atoms with Gasteiger partial charge in [0.15, 0.2) is 0 Å². The van der Waals surface area contributed by atoms with Crippen molar-refractivity contribution in [2.75, 3.05) is 5.75 Å². The molecule has 0 rings (SSSR count). The van der Waals surface area contributed by atoms with Gasteiger partial charge in [-0.05, 0) is 6.42 Å². The van der Waals surface area contributed by atoms with Crippen LogP contribution in [0.1, 0.15) is 66.1 Å². The molecular weight excluding hydrogens is 263 g/mol. The molecule has 4 nitrogen and oxygen atoms in total. The molecule has 1 unspecified atom stereocenters. The average molecular weight is 290 g/mol. The molecule has 0 heterocycles. The van der Waals surface area contributed by atoms with Gasteiger partial charge in [-0.3, -0.25) is 4.55 Å². The molecule has 0 aliphatic heterocycles. The third-order valence-electron chi connectivity index (χ3n) is 2.79. The summed E-state index contributed by atoms with van der Waals surface area (Å²) in [7, 11) is -4.03. The number of rotatable bonds is 11. The fraction of sp³-hybridized carbons (Fsp3) is 1.00. The maximum Gasteiger partial charge on any atom is 1.00 e. The Kier molecular flexibility index (Phi) is 15.2. The summed E-state index contributed by atoms with van der Waals surface area (Å²) < 4.78 is 29.5. The first kappa shape index (κ1) is 21.2. The Balaban J connectivity index is -0.00000128. The van der Waals surface area contributed by atoms with E-state index in [1.54, 1.807) is 0 Å². The van der Waals surface area contributed by atoms with Crippen molar-refractivity contribution in [2.24, 2.45) is 0 Å². The zero-order valence-corrected chi connectivity index (χ0v) is 14.6. The van der Waals surface area contributed by atoms with Gasteiger partial charge in [0.2, 0.25) is 0 Å². The average Bonchev–Trinajstić information content (AvgIpc) is 2.19. The quantitative estimate of drug-likeness (QED) is 0.316. The molecule has 106 valence electrons. The molecule has 6 heteroatoms. The number of hydrogen-bond donors (Lipinski definition) is 2. The predicted molar refractivity (Wildman–Crippen MR) is 70.8 cm³/mol. The molecule has 0 saturated heterocycles. The molecule has 0 amide bonds. The molecule has 0 aliphatic carbocycles. The topological polar surface area (TPSA) is 74.6 Å². The van der Waals surface area contributed by atoms with E-state index in [1.165, 1.54) is 32.1 Å². The predicted octanol–water partition coefficient (Wildman–Crippen LogP) is -0.118. The van der Waals surface area contributed by atoms with Crippen LogP contribution in [0.4, 0.5) is 0 Å². The second-order valence-electron chi connectivity index (χ2n) is 4.67. The summed E-state index contributed by atoms with van der Waals surface area (Å²) in [5.74, 6) is -0.538. The maximum absolute atomic E-state index is 10.5. The van der Waals surface area contributed by atoms with E-state index >= 15 is 0 Å². The van der Waals surface area contributed by atoms with Crippen LogP contribution in [0.3, 0.4) is 0 Å². The zero-order valence-electron chi connectivity index (χ0n) is 12.8. The van der Waals surface area contributed by atoms with Gasteiger partial charge in [0, 0.05) is 0 Å². The summed E-state index contributed by atoms with van der Waals surface area (Å²) in [4.78, 5) is 0. The van der Waals surface area contributed by atoms with Crippen LogP contribution in [0.5, 0.6) is 0 Å². The van der Waals surface area contributed by atoms with Gasteiger partial charge in [-0.25, -0.2) is 0 Å². The van der Waals surface area contributed by atoms with E-state index in [0.717, 1.165) is 19.3 Å². The normalized spacial score (nSPS) is 13.1. The fourth-order valence-corrected chi connectivity index (χ4v) is 2.49. The van der Waals surface area contributed by atoms with Crippen LogP contribution in [0.2, 0.25) is 0 Å². The standard InChI is InChI=1S/C12H26O4S.Na.H/c1-2-3-4-5-6-7-8-9-10-12(13)11-17(14,15)16;;/h12-13H,2-11H2,1H3,(H,14,15,16);;/q;+1;-1. The van der Waals surface area contributed by atoms with Crippen LogP contribution in [-0.4, -0.2) is 29.9 Å². The van der Waals surface area contributed by atoms with Crippen molar-refractivity contribution in [3.63, 3.8) is 0 Å². The van der Waals surface area contributed by atoms with Crippen molar-refractivity contribution in [2.45, 2.75) is 70.8 Å². The Labute approximate surface area is 135 Å². The van der Waals surface area contributed by atoms with E-state index in [0.29, 0.717) is 6.42 Å². The van der Waals surface area contributed by atoms with Crippen molar-refractivity contribution in [1.82, 2.24) is 0 Å². The molecule has 0 saturated carbocycles. The molecule has 0 aromatic carbocycles. The Morgan fingerprint density at radius 2 is 1.44 bits per heavy atom. The number of aliphatic hydroxyl groups is 1. The molecule has 0 aromatic heterocycles. The van der Waals surface area contributed by atoms with Gasteiger partial charge in [0.25, 0.3) is 10.1 Å². The molecular formula is C12H27NaO4S. The minimum atomic E-state index is -4.03. The van der Waals surface area contributed by atoms with Gasteiger partial charge >= 0.3 is 29.6 Å². The molecule has 0 aliphatic rings. The fourth-order valence-electron chi connectivity index (χ4n) is 1.84. The number of aliphatic hydroxyl groups excluding tert-OH is 1.